The molecule has 124 valence electrons. The van der Waals surface area contributed by atoms with Crippen LogP contribution in [0.4, 0.5) is 11.5 Å². The summed E-state index contributed by atoms with van der Waals surface area (Å²) in [5.41, 5.74) is 4.33. The number of carbonyl (C=O) groups excluding carboxylic acids is 1. The number of hydrogen-bond acceptors (Lipinski definition) is 5. The Labute approximate surface area is 141 Å². The first-order valence-electron chi connectivity index (χ1n) is 7.95. The van der Waals surface area contributed by atoms with Crippen molar-refractivity contribution >= 4 is 23.9 Å². The van der Waals surface area contributed by atoms with Crippen LogP contribution in [0.3, 0.4) is 0 Å². The number of nitrogens with zero attached hydrogens (tertiary/aromatic N) is 1. The van der Waals surface area contributed by atoms with Crippen LogP contribution in [0.15, 0.2) is 31.0 Å². The number of rotatable bonds is 7. The maximum Gasteiger partial charge on any atom is 0.150 e. The highest BCUT2D eigenvalue weighted by Gasteiger charge is 2.25. The van der Waals surface area contributed by atoms with Gasteiger partial charge in [-0.2, -0.15) is 0 Å². The quantitative estimate of drug-likeness (QED) is 0.758. The summed E-state index contributed by atoms with van der Waals surface area (Å²) in [6.07, 6.45) is 6.76. The van der Waals surface area contributed by atoms with E-state index in [0.717, 1.165) is 47.3 Å². The lowest BCUT2D eigenvalue weighted by molar-refractivity contribution is 0.112. The molecule has 0 amide bonds. The van der Waals surface area contributed by atoms with Crippen molar-refractivity contribution in [3.63, 3.8) is 0 Å². The highest BCUT2D eigenvalue weighted by atomic mass is 16.5. The molecule has 3 rings (SSSR count). The topological polar surface area (TPSA) is 63.2 Å². The van der Waals surface area contributed by atoms with Gasteiger partial charge >= 0.3 is 0 Å². The van der Waals surface area contributed by atoms with E-state index in [-0.39, 0.29) is 0 Å². The Bertz CT molecular complexity index is 782. The van der Waals surface area contributed by atoms with Crippen molar-refractivity contribution in [1.82, 2.24) is 4.98 Å². The molecule has 5 heteroatoms. The number of pyridine rings is 1. The number of anilines is 2. The summed E-state index contributed by atoms with van der Waals surface area (Å²) < 4.78 is 5.49. The maximum atomic E-state index is 11.0. The Kier molecular flexibility index (Phi) is 4.51. The Morgan fingerprint density at radius 2 is 2.12 bits per heavy atom. The van der Waals surface area contributed by atoms with Crippen molar-refractivity contribution in [2.45, 2.75) is 18.9 Å². The first-order valence-corrected chi connectivity index (χ1v) is 7.95. The second kappa shape index (κ2) is 6.74. The third-order valence-corrected chi connectivity index (χ3v) is 4.14. The SMILES string of the molecule is C=Cc1c(NC)ncc(-c2ccc(C=O)cc2OC)c1NC1CC1. The van der Waals surface area contributed by atoms with Gasteiger partial charge in [0, 0.05) is 41.5 Å². The third kappa shape index (κ3) is 2.97. The van der Waals surface area contributed by atoms with Gasteiger partial charge in [-0.1, -0.05) is 18.7 Å². The molecular weight excluding hydrogens is 302 g/mol. The minimum absolute atomic E-state index is 0.481. The van der Waals surface area contributed by atoms with Crippen LogP contribution >= 0.6 is 0 Å². The van der Waals surface area contributed by atoms with Crippen LogP contribution in [0.5, 0.6) is 5.75 Å². The predicted octanol–water partition coefficient (Wildman–Crippen LogP) is 3.83. The molecule has 0 aliphatic heterocycles. The molecule has 0 spiro atoms. The molecular formula is C19H21N3O2. The zero-order valence-electron chi connectivity index (χ0n) is 13.9. The Balaban J connectivity index is 2.19. The van der Waals surface area contributed by atoms with E-state index in [0.29, 0.717) is 17.4 Å². The molecule has 1 fully saturated rings. The molecule has 24 heavy (non-hydrogen) atoms. The number of benzene rings is 1. The second-order valence-electron chi connectivity index (χ2n) is 5.76. The highest BCUT2D eigenvalue weighted by Crippen LogP contribution is 2.41. The number of ether oxygens (including phenoxy) is 1. The molecule has 1 aliphatic carbocycles. The number of aromatic nitrogens is 1. The van der Waals surface area contributed by atoms with Gasteiger partial charge in [-0.15, -0.1) is 0 Å². The summed E-state index contributed by atoms with van der Waals surface area (Å²) in [7, 11) is 3.45. The molecule has 1 aromatic heterocycles. The van der Waals surface area contributed by atoms with Crippen LogP contribution in [0.2, 0.25) is 0 Å². The normalized spacial score (nSPS) is 13.2. The van der Waals surface area contributed by atoms with Crippen LogP contribution in [0, 0.1) is 0 Å². The standard InChI is InChI=1S/C19H21N3O2/c1-4-14-18(22-13-6-7-13)16(10-21-19(14)20-2)15-8-5-12(11-23)9-17(15)24-3/h4-5,8-11,13H,1,6-7H2,2-3H3,(H2,20,21,22). The predicted molar refractivity (Wildman–Crippen MR) is 97.9 cm³/mol. The molecule has 1 heterocycles. The van der Waals surface area contributed by atoms with E-state index in [4.69, 9.17) is 4.74 Å². The monoisotopic (exact) mass is 323 g/mol. The molecule has 0 atom stereocenters. The fourth-order valence-electron chi connectivity index (χ4n) is 2.72. The number of methoxy groups -OCH3 is 1. The molecule has 0 bridgehead atoms. The third-order valence-electron chi connectivity index (χ3n) is 4.14. The molecule has 5 nitrogen and oxygen atoms in total. The lowest BCUT2D eigenvalue weighted by atomic mass is 9.99. The van der Waals surface area contributed by atoms with Crippen molar-refractivity contribution in [2.75, 3.05) is 24.8 Å². The van der Waals surface area contributed by atoms with Gasteiger partial charge in [-0.25, -0.2) is 4.98 Å². The molecule has 0 unspecified atom stereocenters. The number of aldehydes is 1. The lowest BCUT2D eigenvalue weighted by Crippen LogP contribution is -2.08. The van der Waals surface area contributed by atoms with Crippen molar-refractivity contribution in [1.29, 1.82) is 0 Å². The van der Waals surface area contributed by atoms with Gasteiger partial charge < -0.3 is 15.4 Å². The fourth-order valence-corrected chi connectivity index (χ4v) is 2.72. The van der Waals surface area contributed by atoms with E-state index in [1.807, 2.05) is 19.3 Å². The zero-order valence-corrected chi connectivity index (χ0v) is 13.9. The Morgan fingerprint density at radius 1 is 1.33 bits per heavy atom. The molecule has 2 aromatic rings. The lowest BCUT2D eigenvalue weighted by Gasteiger charge is -2.19. The van der Waals surface area contributed by atoms with Gasteiger partial charge in [-0.05, 0) is 25.0 Å². The molecule has 0 saturated heterocycles. The molecule has 1 aromatic carbocycles. The van der Waals surface area contributed by atoms with Gasteiger partial charge in [0.15, 0.2) is 0 Å². The Morgan fingerprint density at radius 3 is 2.71 bits per heavy atom. The molecule has 1 saturated carbocycles. The average molecular weight is 323 g/mol. The zero-order chi connectivity index (χ0) is 17.1. The summed E-state index contributed by atoms with van der Waals surface area (Å²) in [6, 6.07) is 5.90. The summed E-state index contributed by atoms with van der Waals surface area (Å²) in [5.74, 6) is 1.42. The maximum absolute atomic E-state index is 11.0. The molecule has 2 N–H and O–H groups in total. The summed E-state index contributed by atoms with van der Waals surface area (Å²) >= 11 is 0. The smallest absolute Gasteiger partial charge is 0.150 e. The van der Waals surface area contributed by atoms with E-state index in [2.05, 4.69) is 22.2 Å². The van der Waals surface area contributed by atoms with Crippen LogP contribution in [0.1, 0.15) is 28.8 Å². The van der Waals surface area contributed by atoms with Crippen LogP contribution in [0.25, 0.3) is 17.2 Å². The largest absolute Gasteiger partial charge is 0.496 e. The average Bonchev–Trinajstić information content (AvgIpc) is 3.44. The van der Waals surface area contributed by atoms with Gasteiger partial charge in [-0.3, -0.25) is 4.79 Å². The minimum atomic E-state index is 0.481. The number of nitrogens with one attached hydrogen (secondary N) is 2. The highest BCUT2D eigenvalue weighted by molar-refractivity contribution is 5.91. The van der Waals surface area contributed by atoms with Crippen molar-refractivity contribution in [2.24, 2.45) is 0 Å². The van der Waals surface area contributed by atoms with E-state index in [9.17, 15) is 4.79 Å². The Hall–Kier alpha value is -2.82. The summed E-state index contributed by atoms with van der Waals surface area (Å²) in [5, 5.41) is 6.69. The van der Waals surface area contributed by atoms with E-state index in [1.165, 1.54) is 0 Å². The van der Waals surface area contributed by atoms with E-state index in [1.54, 1.807) is 25.3 Å². The van der Waals surface area contributed by atoms with Gasteiger partial charge in [0.25, 0.3) is 0 Å². The number of carbonyl (C=O) groups is 1. The first-order chi connectivity index (χ1) is 11.7. The molecule has 1 aliphatic rings. The van der Waals surface area contributed by atoms with E-state index < -0.39 is 0 Å². The summed E-state index contributed by atoms with van der Waals surface area (Å²) in [6.45, 7) is 3.94. The fraction of sp³-hybridized carbons (Fsp3) is 0.263. The van der Waals surface area contributed by atoms with E-state index >= 15 is 0 Å². The molecule has 0 radical (unpaired) electrons. The van der Waals surface area contributed by atoms with Crippen molar-refractivity contribution < 1.29 is 9.53 Å². The number of hydrogen-bond donors (Lipinski definition) is 2. The van der Waals surface area contributed by atoms with Crippen molar-refractivity contribution in [3.05, 3.63) is 42.1 Å². The van der Waals surface area contributed by atoms with Crippen molar-refractivity contribution in [3.8, 4) is 16.9 Å². The second-order valence-corrected chi connectivity index (χ2v) is 5.76. The summed E-state index contributed by atoms with van der Waals surface area (Å²) in [4.78, 5) is 15.5. The van der Waals surface area contributed by atoms with Gasteiger partial charge in [0.05, 0.1) is 12.8 Å². The minimum Gasteiger partial charge on any atom is -0.496 e. The van der Waals surface area contributed by atoms with Gasteiger partial charge in [0.2, 0.25) is 0 Å². The van der Waals surface area contributed by atoms with Crippen LogP contribution < -0.4 is 15.4 Å². The first kappa shape index (κ1) is 16.1. The van der Waals surface area contributed by atoms with Crippen LogP contribution in [-0.2, 0) is 0 Å². The van der Waals surface area contributed by atoms with Gasteiger partial charge in [0.1, 0.15) is 17.9 Å². The van der Waals surface area contributed by atoms with Crippen LogP contribution in [-0.4, -0.2) is 31.5 Å².